The van der Waals surface area contributed by atoms with Crippen LogP contribution in [0.3, 0.4) is 0 Å². The fraction of sp³-hybridized carbons (Fsp3) is 0.625. The van der Waals surface area contributed by atoms with Crippen LogP contribution in [0.25, 0.3) is 0 Å². The molecule has 0 spiro atoms. The number of phenolic OH excluding ortho intramolecular Hbond substituents is 1. The molecule has 21 heteroatoms. The summed E-state index contributed by atoms with van der Waals surface area (Å²) < 4.78 is 0. The van der Waals surface area contributed by atoms with E-state index in [4.69, 9.17) is 17.2 Å². The van der Waals surface area contributed by atoms with Crippen LogP contribution in [0.2, 0.25) is 0 Å². The van der Waals surface area contributed by atoms with Gasteiger partial charge in [-0.2, -0.15) is 11.8 Å². The lowest BCUT2D eigenvalue weighted by Crippen LogP contribution is -2.61. The van der Waals surface area contributed by atoms with Gasteiger partial charge in [-0.05, 0) is 62.6 Å². The van der Waals surface area contributed by atoms with Crippen LogP contribution in [0.15, 0.2) is 24.3 Å². The van der Waals surface area contributed by atoms with E-state index < -0.39 is 96.0 Å². The number of hydrogen-bond acceptors (Lipinski definition) is 13. The number of likely N-dealkylation sites (N-methyl/N-ethyl adjacent to an activating group) is 1. The van der Waals surface area contributed by atoms with E-state index in [1.165, 1.54) is 47.7 Å². The number of hydrogen-bond donors (Lipinski definition) is 8. The molecule has 0 radical (unpaired) electrons. The molecule has 20 nitrogen and oxygen atoms in total. The fourth-order valence-electron chi connectivity index (χ4n) is 7.23. The number of nitrogens with zero attached hydrogens (tertiary/aromatic N) is 3. The molecule has 0 bridgehead atoms. The van der Waals surface area contributed by atoms with Crippen molar-refractivity contribution >= 4 is 65.3 Å². The Kier molecular flexibility index (Phi) is 19.9. The van der Waals surface area contributed by atoms with E-state index in [1.807, 2.05) is 13.8 Å². The maximum Gasteiger partial charge on any atom is 0.246 e. The molecular weight excluding hydrogens is 813 g/mol. The second kappa shape index (κ2) is 24.2. The van der Waals surface area contributed by atoms with Crippen molar-refractivity contribution in [3.05, 3.63) is 29.8 Å². The minimum Gasteiger partial charge on any atom is -0.508 e. The van der Waals surface area contributed by atoms with Crippen molar-refractivity contribution in [2.45, 2.75) is 108 Å². The van der Waals surface area contributed by atoms with Crippen molar-refractivity contribution in [2.24, 2.45) is 23.1 Å². The fourth-order valence-corrected chi connectivity index (χ4v) is 7.81. The standard InChI is InChI=1S/C40H62N10O10S/c1-23(2)17-28(39(59)49-14-5-7-26(49)21-51)46-36(56)31(20-42)47-37(57)32-8-6-15-50(32)40(60)30(19-33(43)53)45-35(55)24(3)48(4)38(58)29(44-34(54)22-61-16-13-41)18-25-9-11-27(52)12-10-25/h9-12,21,23-24,26,28-32,52H,5-8,13-20,22,41-42H2,1-4H3,(H2,43,53)(H,44,54)(H,45,55)(H,46,56)(H,47,57)/t24-,26-,28-,29-,30-,31-,32-/m0/s1. The minimum atomic E-state index is -1.53. The summed E-state index contributed by atoms with van der Waals surface area (Å²) in [5.74, 6) is -4.95. The maximum absolute atomic E-state index is 14.0. The van der Waals surface area contributed by atoms with Crippen LogP contribution in [0.4, 0.5) is 0 Å². The minimum absolute atomic E-state index is 0.00753. The smallest absolute Gasteiger partial charge is 0.246 e. The van der Waals surface area contributed by atoms with E-state index >= 15 is 0 Å². The zero-order valence-electron chi connectivity index (χ0n) is 35.3. The zero-order chi connectivity index (χ0) is 45.4. The third-order valence-corrected chi connectivity index (χ3v) is 11.6. The molecular formula is C40H62N10O10S. The number of thioether (sulfide) groups is 1. The summed E-state index contributed by atoms with van der Waals surface area (Å²) in [4.78, 5) is 122. The highest BCUT2D eigenvalue weighted by Crippen LogP contribution is 2.21. The Balaban J connectivity index is 1.73. The number of primary amides is 1. The monoisotopic (exact) mass is 874 g/mol. The molecule has 61 heavy (non-hydrogen) atoms. The van der Waals surface area contributed by atoms with E-state index in [2.05, 4.69) is 21.3 Å². The summed E-state index contributed by atoms with van der Waals surface area (Å²) in [6.45, 7) is 5.59. The summed E-state index contributed by atoms with van der Waals surface area (Å²) >= 11 is 1.28. The third kappa shape index (κ3) is 14.7. The van der Waals surface area contributed by atoms with Crippen molar-refractivity contribution < 1.29 is 48.3 Å². The van der Waals surface area contributed by atoms with Gasteiger partial charge in [-0.3, -0.25) is 38.4 Å². The second-order valence-corrected chi connectivity index (χ2v) is 16.8. The number of amides is 8. The van der Waals surface area contributed by atoms with Crippen LogP contribution in [0.1, 0.15) is 64.9 Å². The summed E-state index contributed by atoms with van der Waals surface area (Å²) in [5.41, 5.74) is 17.5. The maximum atomic E-state index is 14.0. The van der Waals surface area contributed by atoms with Crippen LogP contribution >= 0.6 is 11.8 Å². The number of nitrogens with two attached hydrogens (primary N) is 3. The van der Waals surface area contributed by atoms with Gasteiger partial charge in [0.2, 0.25) is 47.3 Å². The van der Waals surface area contributed by atoms with E-state index in [0.717, 1.165) is 4.90 Å². The molecule has 338 valence electrons. The zero-order valence-corrected chi connectivity index (χ0v) is 36.1. The molecule has 1 aromatic carbocycles. The van der Waals surface area contributed by atoms with Gasteiger partial charge in [0.1, 0.15) is 48.3 Å². The normalized spacial score (nSPS) is 18.6. The largest absolute Gasteiger partial charge is 0.508 e. The Hall–Kier alpha value is -5.28. The number of likely N-dealkylation sites (tertiary alicyclic amines) is 2. The average Bonchev–Trinajstić information content (AvgIpc) is 3.92. The Morgan fingerprint density at radius 3 is 2.08 bits per heavy atom. The Morgan fingerprint density at radius 1 is 0.852 bits per heavy atom. The topological polar surface area (TPSA) is 310 Å². The lowest BCUT2D eigenvalue weighted by molar-refractivity contribution is -0.145. The van der Waals surface area contributed by atoms with Gasteiger partial charge in [0.25, 0.3) is 0 Å². The highest BCUT2D eigenvalue weighted by molar-refractivity contribution is 7.99. The number of carbonyl (C=O) groups excluding carboxylic acids is 9. The second-order valence-electron chi connectivity index (χ2n) is 15.7. The van der Waals surface area contributed by atoms with Gasteiger partial charge in [-0.25, -0.2) is 0 Å². The van der Waals surface area contributed by atoms with Crippen LogP contribution in [-0.4, -0.2) is 160 Å². The highest BCUT2D eigenvalue weighted by Gasteiger charge is 2.41. The van der Waals surface area contributed by atoms with E-state index in [1.54, 1.807) is 12.1 Å². The first kappa shape index (κ1) is 50.1. The molecule has 0 unspecified atom stereocenters. The van der Waals surface area contributed by atoms with Crippen molar-refractivity contribution in [3.63, 3.8) is 0 Å². The molecule has 0 saturated carbocycles. The van der Waals surface area contributed by atoms with Gasteiger partial charge in [0.05, 0.1) is 18.2 Å². The van der Waals surface area contributed by atoms with Crippen LogP contribution < -0.4 is 38.5 Å². The molecule has 1 aromatic rings. The van der Waals surface area contributed by atoms with Gasteiger partial charge in [0, 0.05) is 45.4 Å². The molecule has 2 aliphatic rings. The number of benzene rings is 1. The number of nitrogens with one attached hydrogen (secondary N) is 4. The molecule has 7 atom stereocenters. The van der Waals surface area contributed by atoms with Crippen molar-refractivity contribution in [1.82, 2.24) is 36.0 Å². The average molecular weight is 875 g/mol. The van der Waals surface area contributed by atoms with Gasteiger partial charge < -0.3 is 63.1 Å². The highest BCUT2D eigenvalue weighted by atomic mass is 32.2. The third-order valence-electron chi connectivity index (χ3n) is 10.6. The lowest BCUT2D eigenvalue weighted by atomic mass is 10.0. The Labute approximate surface area is 360 Å². The molecule has 2 heterocycles. The van der Waals surface area contributed by atoms with Crippen molar-refractivity contribution in [3.8, 4) is 5.75 Å². The van der Waals surface area contributed by atoms with E-state index in [9.17, 15) is 48.3 Å². The van der Waals surface area contributed by atoms with Crippen LogP contribution in [-0.2, 0) is 49.6 Å². The van der Waals surface area contributed by atoms with Crippen molar-refractivity contribution in [2.75, 3.05) is 44.7 Å². The number of aromatic hydroxyl groups is 1. The van der Waals surface area contributed by atoms with E-state index in [0.29, 0.717) is 50.0 Å². The molecule has 2 aliphatic heterocycles. The van der Waals surface area contributed by atoms with Gasteiger partial charge in [0.15, 0.2) is 0 Å². The Morgan fingerprint density at radius 2 is 1.48 bits per heavy atom. The molecule has 0 aliphatic carbocycles. The van der Waals surface area contributed by atoms with Gasteiger partial charge in [-0.15, -0.1) is 0 Å². The first-order chi connectivity index (χ1) is 28.9. The SMILES string of the molecule is CC(C)C[C@H](NC(=O)[C@H](CN)NC(=O)[C@@H]1CCCN1C(=O)[C@H](CC(N)=O)NC(=O)[C@H](C)N(C)C(=O)[C@H](Cc1ccc(O)cc1)NC(=O)CSCCN)C(=O)N1CCC[C@H]1C=O. The Bertz CT molecular complexity index is 1730. The predicted molar refractivity (Wildman–Crippen MR) is 226 cm³/mol. The predicted octanol–water partition coefficient (Wildman–Crippen LogP) is -2.53. The first-order valence-corrected chi connectivity index (χ1v) is 21.6. The molecule has 11 N–H and O–H groups in total. The summed E-state index contributed by atoms with van der Waals surface area (Å²) in [6.07, 6.45) is 2.08. The van der Waals surface area contributed by atoms with Crippen molar-refractivity contribution in [1.29, 1.82) is 0 Å². The first-order valence-electron chi connectivity index (χ1n) is 20.5. The molecule has 2 fully saturated rings. The molecule has 2 saturated heterocycles. The number of aldehydes is 1. The summed E-state index contributed by atoms with van der Waals surface area (Å²) in [7, 11) is 1.34. The summed E-state index contributed by atoms with van der Waals surface area (Å²) in [6, 6.07) is -1.83. The van der Waals surface area contributed by atoms with Gasteiger partial charge in [-0.1, -0.05) is 26.0 Å². The molecule has 3 rings (SSSR count). The lowest BCUT2D eigenvalue weighted by Gasteiger charge is -2.32. The van der Waals surface area contributed by atoms with Crippen LogP contribution in [0, 0.1) is 5.92 Å². The number of carbonyl (C=O) groups is 9. The molecule has 0 aromatic heterocycles. The van der Waals surface area contributed by atoms with Gasteiger partial charge >= 0.3 is 0 Å². The molecule has 8 amide bonds. The quantitative estimate of drug-likeness (QED) is 0.0416. The number of phenols is 1. The van der Waals surface area contributed by atoms with E-state index in [-0.39, 0.29) is 49.8 Å². The summed E-state index contributed by atoms with van der Waals surface area (Å²) in [5, 5.41) is 20.2. The number of rotatable bonds is 23. The van der Waals surface area contributed by atoms with Crippen LogP contribution in [0.5, 0.6) is 5.75 Å².